The second-order valence-electron chi connectivity index (χ2n) is 5.07. The molecule has 5 nitrogen and oxygen atoms in total. The molecule has 1 saturated heterocycles. The minimum absolute atomic E-state index is 0.0243. The van der Waals surface area contributed by atoms with Gasteiger partial charge in [0.05, 0.1) is 11.8 Å². The third-order valence-electron chi connectivity index (χ3n) is 3.57. The third kappa shape index (κ3) is 2.41. The second kappa shape index (κ2) is 5.10. The van der Waals surface area contributed by atoms with Gasteiger partial charge in [0.25, 0.3) is 5.91 Å². The number of hydrogen-bond donors (Lipinski definition) is 1. The van der Waals surface area contributed by atoms with Crippen LogP contribution in [0.5, 0.6) is 0 Å². The van der Waals surface area contributed by atoms with Gasteiger partial charge in [0.15, 0.2) is 0 Å². The number of aliphatic hydroxyl groups excluding tert-OH is 1. The number of hydrogen-bond acceptors (Lipinski definition) is 3. The van der Waals surface area contributed by atoms with Gasteiger partial charge < -0.3 is 10.0 Å². The van der Waals surface area contributed by atoms with Crippen molar-refractivity contribution in [1.82, 2.24) is 14.7 Å². The van der Waals surface area contributed by atoms with Crippen LogP contribution in [0.3, 0.4) is 0 Å². The topological polar surface area (TPSA) is 58.4 Å². The van der Waals surface area contributed by atoms with Crippen molar-refractivity contribution in [3.05, 3.63) is 17.5 Å². The average Bonchev–Trinajstić information content (AvgIpc) is 2.73. The number of aromatic nitrogens is 2. The van der Waals surface area contributed by atoms with E-state index < -0.39 is 0 Å². The van der Waals surface area contributed by atoms with Crippen LogP contribution in [0.15, 0.2) is 6.07 Å². The van der Waals surface area contributed by atoms with Crippen LogP contribution < -0.4 is 0 Å². The number of aryl methyl sites for hydroxylation is 2. The van der Waals surface area contributed by atoms with Gasteiger partial charge in [-0.1, -0.05) is 6.92 Å². The number of aliphatic hydroxyl groups is 1. The van der Waals surface area contributed by atoms with Crippen molar-refractivity contribution >= 4 is 5.91 Å². The molecule has 2 atom stereocenters. The van der Waals surface area contributed by atoms with Crippen molar-refractivity contribution in [2.45, 2.75) is 39.8 Å². The molecule has 1 aromatic rings. The predicted molar refractivity (Wildman–Crippen MR) is 68.3 cm³/mol. The van der Waals surface area contributed by atoms with Crippen molar-refractivity contribution in [2.24, 2.45) is 5.92 Å². The zero-order chi connectivity index (χ0) is 13.3. The van der Waals surface area contributed by atoms with E-state index in [4.69, 9.17) is 0 Å². The highest BCUT2D eigenvalue weighted by atomic mass is 16.3. The van der Waals surface area contributed by atoms with E-state index in [-0.39, 0.29) is 17.9 Å². The molecule has 18 heavy (non-hydrogen) atoms. The van der Waals surface area contributed by atoms with Crippen LogP contribution in [-0.2, 0) is 6.54 Å². The van der Waals surface area contributed by atoms with Crippen molar-refractivity contribution < 1.29 is 9.90 Å². The first-order valence-electron chi connectivity index (χ1n) is 6.54. The Bertz CT molecular complexity index is 441. The molecular weight excluding hydrogens is 230 g/mol. The van der Waals surface area contributed by atoms with Crippen molar-refractivity contribution in [3.8, 4) is 0 Å². The fraction of sp³-hybridized carbons (Fsp3) is 0.692. The molecule has 1 aliphatic rings. The Kier molecular flexibility index (Phi) is 3.71. The van der Waals surface area contributed by atoms with Gasteiger partial charge in [-0.05, 0) is 32.3 Å². The van der Waals surface area contributed by atoms with Gasteiger partial charge in [0.2, 0.25) is 0 Å². The molecule has 0 bridgehead atoms. The molecule has 5 heteroatoms. The first-order valence-corrected chi connectivity index (χ1v) is 6.54. The Labute approximate surface area is 107 Å². The summed E-state index contributed by atoms with van der Waals surface area (Å²) in [6.07, 6.45) is 0.374. The summed E-state index contributed by atoms with van der Waals surface area (Å²) in [7, 11) is 0. The highest BCUT2D eigenvalue weighted by Crippen LogP contribution is 2.19. The quantitative estimate of drug-likeness (QED) is 0.855. The van der Waals surface area contributed by atoms with E-state index in [9.17, 15) is 9.90 Å². The fourth-order valence-corrected chi connectivity index (χ4v) is 2.44. The molecule has 100 valence electrons. The molecule has 1 fully saturated rings. The van der Waals surface area contributed by atoms with Crippen LogP contribution in [0.2, 0.25) is 0 Å². The zero-order valence-corrected chi connectivity index (χ0v) is 11.3. The smallest absolute Gasteiger partial charge is 0.272 e. The number of piperidine rings is 1. The van der Waals surface area contributed by atoms with Gasteiger partial charge in [-0.2, -0.15) is 5.10 Å². The van der Waals surface area contributed by atoms with Gasteiger partial charge in [-0.15, -0.1) is 0 Å². The summed E-state index contributed by atoms with van der Waals surface area (Å²) in [5, 5.41) is 14.0. The molecule has 1 amide bonds. The van der Waals surface area contributed by atoms with Crippen molar-refractivity contribution in [3.63, 3.8) is 0 Å². The van der Waals surface area contributed by atoms with Crippen molar-refractivity contribution in [1.29, 1.82) is 0 Å². The highest BCUT2D eigenvalue weighted by molar-refractivity contribution is 5.92. The first kappa shape index (κ1) is 13.1. The number of carbonyl (C=O) groups is 1. The summed E-state index contributed by atoms with van der Waals surface area (Å²) in [5.74, 6) is 0.165. The maximum Gasteiger partial charge on any atom is 0.272 e. The number of rotatable bonds is 2. The zero-order valence-electron chi connectivity index (χ0n) is 11.3. The Morgan fingerprint density at radius 1 is 1.61 bits per heavy atom. The van der Waals surface area contributed by atoms with Gasteiger partial charge in [0.1, 0.15) is 5.69 Å². The van der Waals surface area contributed by atoms with Crippen LogP contribution in [0.4, 0.5) is 0 Å². The minimum atomic E-state index is -0.285. The summed E-state index contributed by atoms with van der Waals surface area (Å²) >= 11 is 0. The normalized spacial score (nSPS) is 24.3. The molecule has 1 aromatic heterocycles. The van der Waals surface area contributed by atoms with E-state index in [2.05, 4.69) is 5.10 Å². The maximum atomic E-state index is 12.4. The Hall–Kier alpha value is -1.36. The number of amides is 1. The molecule has 1 N–H and O–H groups in total. The van der Waals surface area contributed by atoms with E-state index in [1.54, 1.807) is 4.68 Å². The van der Waals surface area contributed by atoms with E-state index in [0.717, 1.165) is 5.69 Å². The molecular formula is C13H21N3O2. The van der Waals surface area contributed by atoms with E-state index in [0.29, 0.717) is 31.7 Å². The summed E-state index contributed by atoms with van der Waals surface area (Å²) in [6.45, 7) is 7.79. The van der Waals surface area contributed by atoms with Crippen LogP contribution in [0.1, 0.15) is 36.5 Å². The lowest BCUT2D eigenvalue weighted by atomic mass is 9.96. The van der Waals surface area contributed by atoms with E-state index >= 15 is 0 Å². The lowest BCUT2D eigenvalue weighted by molar-refractivity contribution is 0.0290. The highest BCUT2D eigenvalue weighted by Gasteiger charge is 2.29. The standard InChI is InChI=1S/C13H21N3O2/c1-4-16-11(7-10(3)14-16)13(18)15-6-5-12(17)9(2)8-15/h7,9,12,17H,4-6,8H2,1-3H3. The molecule has 0 aromatic carbocycles. The molecule has 0 spiro atoms. The van der Waals surface area contributed by atoms with Crippen LogP contribution in [0.25, 0.3) is 0 Å². The molecule has 2 rings (SSSR count). The Morgan fingerprint density at radius 2 is 2.33 bits per heavy atom. The van der Waals surface area contributed by atoms with Gasteiger partial charge in [0, 0.05) is 19.6 Å². The molecule has 1 aliphatic heterocycles. The fourth-order valence-electron chi connectivity index (χ4n) is 2.44. The Morgan fingerprint density at radius 3 is 2.94 bits per heavy atom. The molecule has 0 aliphatic carbocycles. The lowest BCUT2D eigenvalue weighted by Crippen LogP contribution is -2.45. The third-order valence-corrected chi connectivity index (χ3v) is 3.57. The predicted octanol–water partition coefficient (Wildman–Crippen LogP) is 1.05. The lowest BCUT2D eigenvalue weighted by Gasteiger charge is -2.34. The first-order chi connectivity index (χ1) is 8.52. The summed E-state index contributed by atoms with van der Waals surface area (Å²) in [4.78, 5) is 14.2. The second-order valence-corrected chi connectivity index (χ2v) is 5.07. The van der Waals surface area contributed by atoms with Crippen LogP contribution in [-0.4, -0.2) is 44.9 Å². The van der Waals surface area contributed by atoms with E-state index in [1.165, 1.54) is 0 Å². The van der Waals surface area contributed by atoms with Gasteiger partial charge >= 0.3 is 0 Å². The summed E-state index contributed by atoms with van der Waals surface area (Å²) in [5.41, 5.74) is 1.52. The molecule has 0 radical (unpaired) electrons. The van der Waals surface area contributed by atoms with Gasteiger partial charge in [-0.25, -0.2) is 0 Å². The number of nitrogens with zero attached hydrogens (tertiary/aromatic N) is 3. The maximum absolute atomic E-state index is 12.4. The SMILES string of the molecule is CCn1nc(C)cc1C(=O)N1CCC(O)C(C)C1. The minimum Gasteiger partial charge on any atom is -0.393 e. The number of likely N-dealkylation sites (tertiary alicyclic amines) is 1. The summed E-state index contributed by atoms with van der Waals surface area (Å²) in [6, 6.07) is 1.83. The van der Waals surface area contributed by atoms with E-state index in [1.807, 2.05) is 31.7 Å². The molecule has 2 heterocycles. The Balaban J connectivity index is 2.16. The average molecular weight is 251 g/mol. The van der Waals surface area contributed by atoms with Crippen LogP contribution >= 0.6 is 0 Å². The van der Waals surface area contributed by atoms with Crippen molar-refractivity contribution in [2.75, 3.05) is 13.1 Å². The largest absolute Gasteiger partial charge is 0.393 e. The number of carbonyl (C=O) groups excluding carboxylic acids is 1. The monoisotopic (exact) mass is 251 g/mol. The summed E-state index contributed by atoms with van der Waals surface area (Å²) < 4.78 is 1.74. The molecule has 2 unspecified atom stereocenters. The van der Waals surface area contributed by atoms with Crippen LogP contribution in [0, 0.1) is 12.8 Å². The van der Waals surface area contributed by atoms with Gasteiger partial charge in [-0.3, -0.25) is 9.48 Å². The molecule has 0 saturated carbocycles.